The normalized spacial score (nSPS) is 26.6. The summed E-state index contributed by atoms with van der Waals surface area (Å²) in [5, 5.41) is 0. The SMILES string of the molecule is CCN(C(C)=O)C1CCC(C(F)(F)F)CC1. The summed E-state index contributed by atoms with van der Waals surface area (Å²) in [6, 6.07) is 0.00102. The lowest BCUT2D eigenvalue weighted by Gasteiger charge is -2.36. The number of amides is 1. The highest BCUT2D eigenvalue weighted by molar-refractivity contribution is 5.73. The van der Waals surface area contributed by atoms with Crippen LogP contribution in [0.15, 0.2) is 0 Å². The molecule has 0 aromatic carbocycles. The molecule has 0 N–H and O–H groups in total. The van der Waals surface area contributed by atoms with Gasteiger partial charge >= 0.3 is 6.18 Å². The Bertz CT molecular complexity index is 244. The van der Waals surface area contributed by atoms with E-state index in [1.54, 1.807) is 4.90 Å². The van der Waals surface area contributed by atoms with Crippen molar-refractivity contribution in [1.29, 1.82) is 0 Å². The molecule has 0 saturated heterocycles. The van der Waals surface area contributed by atoms with Gasteiger partial charge in [-0.2, -0.15) is 13.2 Å². The third-order valence-corrected chi connectivity index (χ3v) is 3.35. The molecular weight excluding hydrogens is 219 g/mol. The summed E-state index contributed by atoms with van der Waals surface area (Å²) in [6.45, 7) is 3.91. The average molecular weight is 237 g/mol. The molecule has 5 heteroatoms. The number of alkyl halides is 3. The van der Waals surface area contributed by atoms with E-state index in [1.165, 1.54) is 6.92 Å². The highest BCUT2D eigenvalue weighted by atomic mass is 19.4. The molecule has 94 valence electrons. The van der Waals surface area contributed by atoms with Crippen molar-refractivity contribution in [3.05, 3.63) is 0 Å². The second-order valence-corrected chi connectivity index (χ2v) is 4.35. The Morgan fingerprint density at radius 3 is 2.06 bits per heavy atom. The number of hydrogen-bond acceptors (Lipinski definition) is 1. The van der Waals surface area contributed by atoms with Gasteiger partial charge in [0.05, 0.1) is 5.92 Å². The molecule has 0 aromatic heterocycles. The Morgan fingerprint density at radius 1 is 1.25 bits per heavy atom. The van der Waals surface area contributed by atoms with Crippen molar-refractivity contribution in [2.75, 3.05) is 6.54 Å². The summed E-state index contributed by atoms with van der Waals surface area (Å²) < 4.78 is 37.3. The highest BCUT2D eigenvalue weighted by Crippen LogP contribution is 2.38. The standard InChI is InChI=1S/C11H18F3NO/c1-3-15(8(2)16)10-6-4-9(5-7-10)11(12,13)14/h9-10H,3-7H2,1-2H3. The van der Waals surface area contributed by atoms with Gasteiger partial charge in [0.1, 0.15) is 0 Å². The van der Waals surface area contributed by atoms with Gasteiger partial charge in [-0.15, -0.1) is 0 Å². The third-order valence-electron chi connectivity index (χ3n) is 3.35. The Labute approximate surface area is 93.8 Å². The van der Waals surface area contributed by atoms with Gasteiger partial charge in [0, 0.05) is 19.5 Å². The molecule has 2 nitrogen and oxygen atoms in total. The second-order valence-electron chi connectivity index (χ2n) is 4.35. The molecule has 1 aliphatic rings. The topological polar surface area (TPSA) is 20.3 Å². The smallest absolute Gasteiger partial charge is 0.340 e. The van der Waals surface area contributed by atoms with Crippen LogP contribution in [0.1, 0.15) is 39.5 Å². The van der Waals surface area contributed by atoms with E-state index in [2.05, 4.69) is 0 Å². The van der Waals surface area contributed by atoms with Gasteiger partial charge in [-0.1, -0.05) is 0 Å². The fourth-order valence-corrected chi connectivity index (χ4v) is 2.45. The first kappa shape index (κ1) is 13.3. The molecule has 16 heavy (non-hydrogen) atoms. The van der Waals surface area contributed by atoms with Gasteiger partial charge in [0.2, 0.25) is 5.91 Å². The molecule has 0 aliphatic heterocycles. The zero-order valence-corrected chi connectivity index (χ0v) is 9.68. The van der Waals surface area contributed by atoms with Gasteiger partial charge in [-0.05, 0) is 32.6 Å². The van der Waals surface area contributed by atoms with Gasteiger partial charge in [0.15, 0.2) is 0 Å². The van der Waals surface area contributed by atoms with Crippen LogP contribution in [0.5, 0.6) is 0 Å². The maximum atomic E-state index is 12.4. The van der Waals surface area contributed by atoms with E-state index in [4.69, 9.17) is 0 Å². The zero-order valence-electron chi connectivity index (χ0n) is 9.68. The summed E-state index contributed by atoms with van der Waals surface area (Å²) in [4.78, 5) is 12.9. The number of nitrogens with zero attached hydrogens (tertiary/aromatic N) is 1. The molecule has 0 spiro atoms. The summed E-state index contributed by atoms with van der Waals surface area (Å²) in [6.07, 6.45) is -2.83. The summed E-state index contributed by atoms with van der Waals surface area (Å²) >= 11 is 0. The summed E-state index contributed by atoms with van der Waals surface area (Å²) in [5.41, 5.74) is 0. The Morgan fingerprint density at radius 2 is 1.75 bits per heavy atom. The zero-order chi connectivity index (χ0) is 12.3. The van der Waals surface area contributed by atoms with Crippen LogP contribution >= 0.6 is 0 Å². The van der Waals surface area contributed by atoms with Gasteiger partial charge in [0.25, 0.3) is 0 Å². The van der Waals surface area contributed by atoms with E-state index < -0.39 is 12.1 Å². The van der Waals surface area contributed by atoms with Crippen LogP contribution in [0.2, 0.25) is 0 Å². The van der Waals surface area contributed by atoms with E-state index in [1.807, 2.05) is 6.92 Å². The number of halogens is 3. The molecule has 1 amide bonds. The molecule has 1 fully saturated rings. The quantitative estimate of drug-likeness (QED) is 0.723. The van der Waals surface area contributed by atoms with E-state index in [0.29, 0.717) is 19.4 Å². The predicted octanol–water partition coefficient (Wildman–Crippen LogP) is 2.98. The van der Waals surface area contributed by atoms with Crippen LogP contribution in [0.25, 0.3) is 0 Å². The lowest BCUT2D eigenvalue weighted by Crippen LogP contribution is -2.42. The number of rotatable bonds is 2. The van der Waals surface area contributed by atoms with Crippen LogP contribution in [0.4, 0.5) is 13.2 Å². The maximum Gasteiger partial charge on any atom is 0.391 e. The second kappa shape index (κ2) is 5.06. The third kappa shape index (κ3) is 3.12. The lowest BCUT2D eigenvalue weighted by molar-refractivity contribution is -0.184. The van der Waals surface area contributed by atoms with Crippen molar-refractivity contribution in [2.24, 2.45) is 5.92 Å². The van der Waals surface area contributed by atoms with Crippen molar-refractivity contribution in [3.63, 3.8) is 0 Å². The largest absolute Gasteiger partial charge is 0.391 e. The lowest BCUT2D eigenvalue weighted by atomic mass is 9.85. The van der Waals surface area contributed by atoms with E-state index in [9.17, 15) is 18.0 Å². The minimum absolute atomic E-state index is 0.00102. The number of carbonyl (C=O) groups excluding carboxylic acids is 1. The van der Waals surface area contributed by atoms with Crippen molar-refractivity contribution in [3.8, 4) is 0 Å². The van der Waals surface area contributed by atoms with Crippen molar-refractivity contribution in [2.45, 2.75) is 51.7 Å². The number of hydrogen-bond donors (Lipinski definition) is 0. The molecule has 0 heterocycles. The molecular formula is C11H18F3NO. The van der Waals surface area contributed by atoms with Crippen molar-refractivity contribution in [1.82, 2.24) is 4.90 Å². The fourth-order valence-electron chi connectivity index (χ4n) is 2.45. The first-order valence-corrected chi connectivity index (χ1v) is 5.70. The Kier molecular flexibility index (Phi) is 4.21. The van der Waals surface area contributed by atoms with E-state index in [-0.39, 0.29) is 24.8 Å². The first-order chi connectivity index (χ1) is 7.36. The van der Waals surface area contributed by atoms with Gasteiger partial charge in [-0.3, -0.25) is 4.79 Å². The molecule has 1 rings (SSSR count). The van der Waals surface area contributed by atoms with Crippen LogP contribution in [0, 0.1) is 5.92 Å². The molecule has 0 bridgehead atoms. The molecule has 0 aromatic rings. The molecule has 1 saturated carbocycles. The van der Waals surface area contributed by atoms with Gasteiger partial charge in [-0.25, -0.2) is 0 Å². The van der Waals surface area contributed by atoms with Gasteiger partial charge < -0.3 is 4.90 Å². The fraction of sp³-hybridized carbons (Fsp3) is 0.909. The monoisotopic (exact) mass is 237 g/mol. The number of carbonyl (C=O) groups is 1. The van der Waals surface area contributed by atoms with Crippen LogP contribution in [-0.4, -0.2) is 29.6 Å². The molecule has 1 aliphatic carbocycles. The van der Waals surface area contributed by atoms with E-state index >= 15 is 0 Å². The molecule has 0 radical (unpaired) electrons. The van der Waals surface area contributed by atoms with E-state index in [0.717, 1.165) is 0 Å². The molecule has 0 atom stereocenters. The van der Waals surface area contributed by atoms with Crippen LogP contribution in [0.3, 0.4) is 0 Å². The van der Waals surface area contributed by atoms with Crippen molar-refractivity contribution >= 4 is 5.91 Å². The van der Waals surface area contributed by atoms with Crippen molar-refractivity contribution < 1.29 is 18.0 Å². The van der Waals surface area contributed by atoms with Crippen LogP contribution < -0.4 is 0 Å². The predicted molar refractivity (Wildman–Crippen MR) is 54.9 cm³/mol. The molecule has 0 unspecified atom stereocenters. The maximum absolute atomic E-state index is 12.4. The first-order valence-electron chi connectivity index (χ1n) is 5.70. The Hall–Kier alpha value is -0.740. The Balaban J connectivity index is 2.51. The summed E-state index contributed by atoms with van der Waals surface area (Å²) in [7, 11) is 0. The highest BCUT2D eigenvalue weighted by Gasteiger charge is 2.42. The minimum atomic E-state index is -4.07. The average Bonchev–Trinajstić information content (AvgIpc) is 2.17. The summed E-state index contributed by atoms with van der Waals surface area (Å²) in [5.74, 6) is -1.22. The van der Waals surface area contributed by atoms with Crippen LogP contribution in [-0.2, 0) is 4.79 Å². The minimum Gasteiger partial charge on any atom is -0.340 e.